The second-order valence-corrected chi connectivity index (χ2v) is 0. The molecule has 0 aromatic carbocycles. The molecule has 0 amide bonds. The van der Waals surface area contributed by atoms with Crippen molar-refractivity contribution < 1.29 is 32.7 Å². The number of rotatable bonds is 0. The van der Waals surface area contributed by atoms with E-state index in [0.29, 0.717) is 0 Å². The minimum atomic E-state index is 0. The second-order valence-electron chi connectivity index (χ2n) is 0. The molecule has 0 aromatic heterocycles. The summed E-state index contributed by atoms with van der Waals surface area (Å²) >= 11 is 0. The number of nitrogens with two attached hydrogens (primary N) is 1. The van der Waals surface area contributed by atoms with Crippen molar-refractivity contribution in [2.45, 2.75) is 0 Å². The van der Waals surface area contributed by atoms with Crippen LogP contribution in [0.5, 0.6) is 0 Å². The summed E-state index contributed by atoms with van der Waals surface area (Å²) in [5.41, 5.74) is 4.25. The maximum absolute atomic E-state index is 5.25. The molecule has 0 spiro atoms. The van der Waals surface area contributed by atoms with Crippen LogP contribution in [0.1, 0.15) is 0 Å². The predicted octanol–water partition coefficient (Wildman–Crippen LogP) is -0.0598. The summed E-state index contributed by atoms with van der Waals surface area (Å²) < 4.78 is 0. The van der Waals surface area contributed by atoms with E-state index in [-0.39, 0.29) is 32.7 Å². The van der Waals surface area contributed by atoms with Crippen molar-refractivity contribution >= 4 is 0 Å². The third kappa shape index (κ3) is 81.8. The van der Waals surface area contributed by atoms with Crippen LogP contribution in [0.2, 0.25) is 0 Å². The minimum Gasteiger partial charge on any atom is -0.697 e. The van der Waals surface area contributed by atoms with Gasteiger partial charge in [-0.2, -0.15) is 0 Å². The van der Waals surface area contributed by atoms with Gasteiger partial charge in [-0.25, -0.2) is 0 Å². The average Bonchev–Trinajstić information content (AvgIpc) is 1.50. The Morgan fingerprint density at radius 1 is 1.40 bits per heavy atom. The molecule has 1 radical (unpaired) electrons. The van der Waals surface area contributed by atoms with E-state index in [1.165, 1.54) is 0 Å². The summed E-state index contributed by atoms with van der Waals surface area (Å²) in [6, 6.07) is 0. The first-order chi connectivity index (χ1) is 2.00. The van der Waals surface area contributed by atoms with Gasteiger partial charge in [-0.1, -0.05) is 0 Å². The van der Waals surface area contributed by atoms with Crippen LogP contribution >= 0.6 is 0 Å². The van der Waals surface area contributed by atoms with E-state index in [1.54, 1.807) is 0 Å². The molecular weight excluding hydrogens is 139 g/mol. The molecule has 2 N–H and O–H groups in total. The molecule has 5 heavy (non-hydrogen) atoms. The van der Waals surface area contributed by atoms with Crippen molar-refractivity contribution in [1.29, 1.82) is 0 Å². The Labute approximate surface area is 58.2 Å². The fourth-order valence-corrected chi connectivity index (χ4v) is 0. The summed E-state index contributed by atoms with van der Waals surface area (Å²) in [7, 11) is 2.75. The third-order valence-electron chi connectivity index (χ3n) is 0. The van der Waals surface area contributed by atoms with Crippen LogP contribution in [0.25, 0.3) is 0 Å². The zero-order valence-corrected chi connectivity index (χ0v) is 5.78. The van der Waals surface area contributed by atoms with Gasteiger partial charge in [-0.05, 0) is 0 Å². The van der Waals surface area contributed by atoms with Gasteiger partial charge in [0.05, 0.1) is 0 Å². The molecule has 0 fully saturated rings. The standard InChI is InChI=1S/C2H.CH4N.Y/c2*1-2;/h1H;1-2H2;/q2*-1;. The van der Waals surface area contributed by atoms with Gasteiger partial charge in [0, 0.05) is 32.7 Å². The molecule has 0 saturated carbocycles. The van der Waals surface area contributed by atoms with Crippen molar-refractivity contribution in [3.05, 3.63) is 13.5 Å². The Morgan fingerprint density at radius 2 is 1.40 bits per heavy atom. The Kier molecular flexibility index (Phi) is 545. The van der Waals surface area contributed by atoms with Crippen molar-refractivity contribution in [3.63, 3.8) is 0 Å². The fraction of sp³-hybridized carbons (Fsp3) is 0. The molecule has 0 atom stereocenters. The third-order valence-corrected chi connectivity index (χ3v) is 0. The molecule has 1 nitrogen and oxygen atoms in total. The second kappa shape index (κ2) is 156. The van der Waals surface area contributed by atoms with E-state index in [9.17, 15) is 0 Å². The zero-order valence-electron chi connectivity index (χ0n) is 2.94. The number of hydrogen-bond acceptors (Lipinski definition) is 1. The molecule has 2 heteroatoms. The van der Waals surface area contributed by atoms with E-state index in [1.807, 2.05) is 0 Å². The van der Waals surface area contributed by atoms with Crippen molar-refractivity contribution in [2.24, 2.45) is 5.73 Å². The summed E-state index contributed by atoms with van der Waals surface area (Å²) in [5, 5.41) is 0. The van der Waals surface area contributed by atoms with E-state index in [4.69, 9.17) is 6.42 Å². The Balaban J connectivity index is -0.0000000133. The van der Waals surface area contributed by atoms with Gasteiger partial charge in [0.25, 0.3) is 0 Å². The van der Waals surface area contributed by atoms with Crippen LogP contribution in [0, 0.1) is 19.9 Å². The van der Waals surface area contributed by atoms with Crippen LogP contribution in [-0.2, 0) is 32.7 Å². The first kappa shape index (κ1) is 17.5. The molecule has 0 aliphatic heterocycles. The Bertz CT molecular complexity index is 11.6. The zero-order chi connectivity index (χ0) is 4.00. The minimum absolute atomic E-state index is 0. The molecular formula is C3H5NY-2. The van der Waals surface area contributed by atoms with Crippen LogP contribution in [0.4, 0.5) is 0 Å². The fourth-order valence-electron chi connectivity index (χ4n) is 0. The summed E-state index contributed by atoms with van der Waals surface area (Å²) in [6.45, 7) is 0. The maximum atomic E-state index is 5.25. The van der Waals surface area contributed by atoms with Gasteiger partial charge in [0.1, 0.15) is 0 Å². The monoisotopic (exact) mass is 144 g/mol. The molecule has 27 valence electrons. The number of hydrogen-bond donors (Lipinski definition) is 1. The molecule has 0 aromatic rings. The van der Waals surface area contributed by atoms with Gasteiger partial charge < -0.3 is 18.6 Å². The molecule has 0 rings (SSSR count). The van der Waals surface area contributed by atoms with Gasteiger partial charge in [-0.15, -0.1) is 0 Å². The van der Waals surface area contributed by atoms with Crippen molar-refractivity contribution in [2.75, 3.05) is 0 Å². The van der Waals surface area contributed by atoms with Crippen molar-refractivity contribution in [1.82, 2.24) is 0 Å². The van der Waals surface area contributed by atoms with E-state index in [2.05, 4.69) is 19.2 Å². The summed E-state index contributed by atoms with van der Waals surface area (Å²) in [4.78, 5) is 0. The molecule has 0 bridgehead atoms. The Morgan fingerprint density at radius 3 is 1.40 bits per heavy atom. The first-order valence-electron chi connectivity index (χ1n) is 0.697. The SMILES string of the molecule is [C-]#C.[CH2-]N.[Y]. The van der Waals surface area contributed by atoms with Gasteiger partial charge in [0.2, 0.25) is 0 Å². The smallest absolute Gasteiger partial charge is 0 e. The summed E-state index contributed by atoms with van der Waals surface area (Å²) in [5.74, 6) is 0. The molecule has 0 saturated heterocycles. The number of terminal acetylenes is 1. The molecule has 0 unspecified atom stereocenters. The topological polar surface area (TPSA) is 26.0 Å². The quantitative estimate of drug-likeness (QED) is 0.374. The van der Waals surface area contributed by atoms with E-state index < -0.39 is 0 Å². The van der Waals surface area contributed by atoms with Crippen LogP contribution in [-0.4, -0.2) is 0 Å². The van der Waals surface area contributed by atoms with Crippen LogP contribution in [0.15, 0.2) is 0 Å². The first-order valence-corrected chi connectivity index (χ1v) is 0.697. The van der Waals surface area contributed by atoms with Crippen molar-refractivity contribution in [3.8, 4) is 6.42 Å². The van der Waals surface area contributed by atoms with Gasteiger partial charge in [-0.3, -0.25) is 7.05 Å². The van der Waals surface area contributed by atoms with Gasteiger partial charge >= 0.3 is 0 Å². The average molecular weight is 144 g/mol. The van der Waals surface area contributed by atoms with Gasteiger partial charge in [0.15, 0.2) is 0 Å². The predicted molar refractivity (Wildman–Crippen MR) is 17.7 cm³/mol. The maximum Gasteiger partial charge on any atom is 0 e. The largest absolute Gasteiger partial charge is 0.697 e. The normalized spacial score (nSPS) is 1.60. The molecule has 0 aliphatic carbocycles. The summed E-state index contributed by atoms with van der Waals surface area (Å²) in [6.07, 6.45) is 9.00. The van der Waals surface area contributed by atoms with E-state index >= 15 is 0 Å². The van der Waals surface area contributed by atoms with Crippen LogP contribution < -0.4 is 5.73 Å². The Hall–Kier alpha value is 0.624. The van der Waals surface area contributed by atoms with E-state index in [0.717, 1.165) is 0 Å². The molecule has 0 aliphatic rings. The molecule has 0 heterocycles. The van der Waals surface area contributed by atoms with Crippen LogP contribution in [0.3, 0.4) is 0 Å².